The van der Waals surface area contributed by atoms with Crippen molar-refractivity contribution >= 4 is 11.7 Å². The van der Waals surface area contributed by atoms with Gasteiger partial charge >= 0.3 is 0 Å². The number of carbonyl (C=O) groups is 1. The van der Waals surface area contributed by atoms with Crippen LogP contribution in [0.2, 0.25) is 0 Å². The fourth-order valence-corrected chi connectivity index (χ4v) is 1.89. The molecule has 0 aromatic carbocycles. The molecule has 1 aliphatic rings. The fourth-order valence-electron chi connectivity index (χ4n) is 1.89. The summed E-state index contributed by atoms with van der Waals surface area (Å²) in [6.45, 7) is -0.497. The molecule has 1 heterocycles. The summed E-state index contributed by atoms with van der Waals surface area (Å²) in [7, 11) is 3.63. The van der Waals surface area contributed by atoms with E-state index in [2.05, 4.69) is 4.98 Å². The van der Waals surface area contributed by atoms with Gasteiger partial charge in [0.2, 0.25) is 0 Å². The minimum Gasteiger partial charge on any atom is -0.363 e. The third-order valence-corrected chi connectivity index (χ3v) is 3.03. The van der Waals surface area contributed by atoms with Gasteiger partial charge < -0.3 is 9.80 Å². The Morgan fingerprint density at radius 3 is 2.68 bits per heavy atom. The lowest BCUT2D eigenvalue weighted by molar-refractivity contribution is 0.0534. The molecule has 1 amide bonds. The van der Waals surface area contributed by atoms with Gasteiger partial charge in [0.1, 0.15) is 5.82 Å². The third kappa shape index (κ3) is 3.39. The van der Waals surface area contributed by atoms with Crippen LogP contribution in [0.25, 0.3) is 0 Å². The van der Waals surface area contributed by atoms with Crippen LogP contribution in [0.4, 0.5) is 14.6 Å². The Balaban J connectivity index is 2.18. The smallest absolute Gasteiger partial charge is 0.255 e. The predicted molar refractivity (Wildman–Crippen MR) is 68.6 cm³/mol. The SMILES string of the molecule is CN(C)c1cc(C(=O)N(CC(F)F)C2CC2)ccn1. The second kappa shape index (κ2) is 5.50. The van der Waals surface area contributed by atoms with E-state index in [4.69, 9.17) is 0 Å². The Kier molecular flexibility index (Phi) is 3.97. The van der Waals surface area contributed by atoms with E-state index in [1.54, 1.807) is 17.0 Å². The molecule has 1 saturated carbocycles. The number of alkyl halides is 2. The van der Waals surface area contributed by atoms with E-state index in [9.17, 15) is 13.6 Å². The van der Waals surface area contributed by atoms with Crippen molar-refractivity contribution in [3.05, 3.63) is 23.9 Å². The molecule has 0 spiro atoms. The highest BCUT2D eigenvalue weighted by Crippen LogP contribution is 2.29. The third-order valence-electron chi connectivity index (χ3n) is 3.03. The van der Waals surface area contributed by atoms with Gasteiger partial charge in [-0.05, 0) is 25.0 Å². The molecule has 0 saturated heterocycles. The molecule has 0 N–H and O–H groups in total. The van der Waals surface area contributed by atoms with E-state index in [1.165, 1.54) is 11.1 Å². The summed E-state index contributed by atoms with van der Waals surface area (Å²) in [5.74, 6) is 0.298. The number of anilines is 1. The zero-order chi connectivity index (χ0) is 14.0. The first kappa shape index (κ1) is 13.7. The second-order valence-electron chi connectivity index (χ2n) is 4.88. The Bertz CT molecular complexity index is 461. The molecule has 6 heteroatoms. The van der Waals surface area contributed by atoms with Gasteiger partial charge in [0, 0.05) is 31.9 Å². The minimum atomic E-state index is -2.50. The average Bonchev–Trinajstić information content (AvgIpc) is 3.19. The van der Waals surface area contributed by atoms with E-state index in [-0.39, 0.29) is 11.9 Å². The molecule has 2 rings (SSSR count). The van der Waals surface area contributed by atoms with Gasteiger partial charge in [-0.2, -0.15) is 0 Å². The van der Waals surface area contributed by atoms with Crippen LogP contribution in [-0.2, 0) is 0 Å². The van der Waals surface area contributed by atoms with Crippen LogP contribution >= 0.6 is 0 Å². The van der Waals surface area contributed by atoms with E-state index in [1.807, 2.05) is 14.1 Å². The normalized spacial score (nSPS) is 14.6. The Hall–Kier alpha value is -1.72. The van der Waals surface area contributed by atoms with E-state index in [0.29, 0.717) is 11.4 Å². The van der Waals surface area contributed by atoms with Crippen LogP contribution < -0.4 is 4.90 Å². The van der Waals surface area contributed by atoms with Gasteiger partial charge in [-0.25, -0.2) is 13.8 Å². The highest BCUT2D eigenvalue weighted by atomic mass is 19.3. The lowest BCUT2D eigenvalue weighted by atomic mass is 10.2. The highest BCUT2D eigenvalue weighted by molar-refractivity contribution is 5.95. The van der Waals surface area contributed by atoms with Crippen molar-refractivity contribution in [1.29, 1.82) is 0 Å². The molecule has 1 aromatic heterocycles. The Morgan fingerprint density at radius 2 is 2.16 bits per heavy atom. The number of hydrogen-bond acceptors (Lipinski definition) is 3. The summed E-state index contributed by atoms with van der Waals surface area (Å²) in [6, 6.07) is 3.16. The predicted octanol–water partition coefficient (Wildman–Crippen LogP) is 2.02. The second-order valence-corrected chi connectivity index (χ2v) is 4.88. The maximum absolute atomic E-state index is 12.5. The van der Waals surface area contributed by atoms with Crippen molar-refractivity contribution in [3.63, 3.8) is 0 Å². The van der Waals surface area contributed by atoms with Crippen LogP contribution in [0, 0.1) is 0 Å². The lowest BCUT2D eigenvalue weighted by Gasteiger charge is -2.22. The Morgan fingerprint density at radius 1 is 1.47 bits per heavy atom. The monoisotopic (exact) mass is 269 g/mol. The number of rotatable bonds is 5. The number of hydrogen-bond donors (Lipinski definition) is 0. The summed E-state index contributed by atoms with van der Waals surface area (Å²) >= 11 is 0. The summed E-state index contributed by atoms with van der Waals surface area (Å²) < 4.78 is 25.1. The highest BCUT2D eigenvalue weighted by Gasteiger charge is 2.34. The van der Waals surface area contributed by atoms with Crippen LogP contribution in [0.5, 0.6) is 0 Å². The maximum Gasteiger partial charge on any atom is 0.255 e. The topological polar surface area (TPSA) is 36.4 Å². The van der Waals surface area contributed by atoms with Crippen molar-refractivity contribution in [2.45, 2.75) is 25.3 Å². The summed E-state index contributed by atoms with van der Waals surface area (Å²) in [6.07, 6.45) is 0.643. The molecule has 104 valence electrons. The number of aromatic nitrogens is 1. The zero-order valence-electron chi connectivity index (χ0n) is 11.0. The van der Waals surface area contributed by atoms with Crippen molar-refractivity contribution < 1.29 is 13.6 Å². The van der Waals surface area contributed by atoms with Gasteiger partial charge in [0.05, 0.1) is 6.54 Å². The molecular formula is C13H17F2N3O. The standard InChI is InChI=1S/C13H17F2N3O/c1-17(2)12-7-9(5-6-16-12)13(19)18(8-11(14)15)10-3-4-10/h5-7,10-11H,3-4,8H2,1-2H3. The van der Waals surface area contributed by atoms with Crippen LogP contribution in [0.15, 0.2) is 18.3 Å². The van der Waals surface area contributed by atoms with Crippen molar-refractivity contribution in [1.82, 2.24) is 9.88 Å². The summed E-state index contributed by atoms with van der Waals surface area (Å²) in [5.41, 5.74) is 0.409. The molecule has 4 nitrogen and oxygen atoms in total. The van der Waals surface area contributed by atoms with Gasteiger partial charge in [-0.15, -0.1) is 0 Å². The molecule has 19 heavy (non-hydrogen) atoms. The first-order valence-electron chi connectivity index (χ1n) is 6.21. The number of amides is 1. The summed E-state index contributed by atoms with van der Waals surface area (Å²) in [5, 5.41) is 0. The van der Waals surface area contributed by atoms with Crippen molar-refractivity contribution in [2.75, 3.05) is 25.5 Å². The average molecular weight is 269 g/mol. The van der Waals surface area contributed by atoms with E-state index in [0.717, 1.165) is 12.8 Å². The van der Waals surface area contributed by atoms with Gasteiger partial charge in [-0.3, -0.25) is 4.79 Å². The number of nitrogens with zero attached hydrogens (tertiary/aromatic N) is 3. The van der Waals surface area contributed by atoms with Gasteiger partial charge in [-0.1, -0.05) is 0 Å². The molecule has 0 atom stereocenters. The maximum atomic E-state index is 12.5. The summed E-state index contributed by atoms with van der Waals surface area (Å²) in [4.78, 5) is 19.4. The molecule has 0 aliphatic heterocycles. The number of carbonyl (C=O) groups excluding carboxylic acids is 1. The molecular weight excluding hydrogens is 252 g/mol. The minimum absolute atomic E-state index is 0.0301. The molecule has 0 radical (unpaired) electrons. The van der Waals surface area contributed by atoms with Crippen molar-refractivity contribution in [2.24, 2.45) is 0 Å². The van der Waals surface area contributed by atoms with E-state index < -0.39 is 13.0 Å². The molecule has 0 bridgehead atoms. The first-order chi connectivity index (χ1) is 8.99. The van der Waals surface area contributed by atoms with Gasteiger partial charge in [0.25, 0.3) is 12.3 Å². The largest absolute Gasteiger partial charge is 0.363 e. The number of pyridine rings is 1. The molecule has 0 unspecified atom stereocenters. The van der Waals surface area contributed by atoms with Crippen LogP contribution in [0.3, 0.4) is 0 Å². The lowest BCUT2D eigenvalue weighted by Crippen LogP contribution is -2.37. The molecule has 1 aliphatic carbocycles. The first-order valence-corrected chi connectivity index (χ1v) is 6.21. The fraction of sp³-hybridized carbons (Fsp3) is 0.538. The Labute approximate surface area is 111 Å². The zero-order valence-corrected chi connectivity index (χ0v) is 11.0. The van der Waals surface area contributed by atoms with Crippen molar-refractivity contribution in [3.8, 4) is 0 Å². The number of halogens is 2. The van der Waals surface area contributed by atoms with E-state index >= 15 is 0 Å². The quantitative estimate of drug-likeness (QED) is 0.820. The molecule has 1 fully saturated rings. The van der Waals surface area contributed by atoms with Crippen LogP contribution in [-0.4, -0.2) is 48.9 Å². The van der Waals surface area contributed by atoms with Crippen LogP contribution in [0.1, 0.15) is 23.2 Å². The van der Waals surface area contributed by atoms with Gasteiger partial charge in [0.15, 0.2) is 0 Å². The molecule has 1 aromatic rings.